The number of benzene rings is 1. The van der Waals surface area contributed by atoms with E-state index in [9.17, 15) is 18.0 Å². The van der Waals surface area contributed by atoms with Gasteiger partial charge in [-0.1, -0.05) is 20.8 Å². The molecule has 0 radical (unpaired) electrons. The number of aryl methyl sites for hydroxylation is 2. The molecular weight excluding hydrogens is 558 g/mol. The fraction of sp³-hybridized carbons (Fsp3) is 0.500. The third kappa shape index (κ3) is 6.04. The highest BCUT2D eigenvalue weighted by Gasteiger charge is 2.33. The number of anilines is 1. The molecule has 0 spiro atoms. The van der Waals surface area contributed by atoms with Crippen molar-refractivity contribution in [3.63, 3.8) is 0 Å². The molecule has 1 N–H and O–H groups in total. The van der Waals surface area contributed by atoms with Gasteiger partial charge in [0.2, 0.25) is 10.0 Å². The summed E-state index contributed by atoms with van der Waals surface area (Å²) in [6.45, 7) is 13.6. The number of thiophene rings is 1. The summed E-state index contributed by atoms with van der Waals surface area (Å²) < 4.78 is 29.6. The highest BCUT2D eigenvalue weighted by molar-refractivity contribution is 7.89. The number of sulfonamides is 1. The first-order valence-electron chi connectivity index (χ1n) is 14.3. The number of amides is 1. The Balaban J connectivity index is 1.41. The molecule has 0 bridgehead atoms. The number of hydrogen-bond acceptors (Lipinski definition) is 7. The molecule has 2 aliphatic rings. The van der Waals surface area contributed by atoms with Crippen LogP contribution in [-0.4, -0.2) is 65.4 Å². The fourth-order valence-electron chi connectivity index (χ4n) is 6.12. The second-order valence-electron chi connectivity index (χ2n) is 11.6. The van der Waals surface area contributed by atoms with Crippen molar-refractivity contribution in [2.24, 2.45) is 11.8 Å². The Bertz CT molecular complexity index is 1550. The topological polar surface area (TPSA) is 105 Å². The van der Waals surface area contributed by atoms with Gasteiger partial charge in [-0.15, -0.1) is 11.3 Å². The van der Waals surface area contributed by atoms with Gasteiger partial charge < -0.3 is 5.32 Å². The molecule has 9 nitrogen and oxygen atoms in total. The van der Waals surface area contributed by atoms with E-state index < -0.39 is 10.0 Å². The maximum absolute atomic E-state index is 13.8. The third-order valence-corrected chi connectivity index (χ3v) is 10.9. The molecule has 0 saturated carbocycles. The average molecular weight is 598 g/mol. The molecule has 2 unspecified atom stereocenters. The van der Waals surface area contributed by atoms with E-state index in [0.29, 0.717) is 41.1 Å². The van der Waals surface area contributed by atoms with Crippen molar-refractivity contribution < 1.29 is 18.0 Å². The summed E-state index contributed by atoms with van der Waals surface area (Å²) in [5.74, 6) is -0.0365. The Labute approximate surface area is 246 Å². The first kappa shape index (κ1) is 29.6. The Hall–Kier alpha value is -2.86. The fourth-order valence-corrected chi connectivity index (χ4v) is 9.08. The Morgan fingerprint density at radius 3 is 2.39 bits per heavy atom. The molecule has 2 aromatic heterocycles. The lowest BCUT2D eigenvalue weighted by molar-refractivity contribution is 0.0942. The van der Waals surface area contributed by atoms with E-state index in [0.717, 1.165) is 60.7 Å². The number of nitrogens with one attached hydrogen (secondary N) is 1. The van der Waals surface area contributed by atoms with Crippen LogP contribution in [0.25, 0.3) is 0 Å². The van der Waals surface area contributed by atoms with Gasteiger partial charge >= 0.3 is 0 Å². The minimum absolute atomic E-state index is 0.179. The molecule has 5 rings (SSSR count). The minimum atomic E-state index is -3.65. The lowest BCUT2D eigenvalue weighted by Crippen LogP contribution is -2.42. The summed E-state index contributed by atoms with van der Waals surface area (Å²) in [7, 11) is -3.65. The largest absolute Gasteiger partial charge is 0.313 e. The van der Waals surface area contributed by atoms with E-state index in [1.54, 1.807) is 4.31 Å². The molecule has 1 saturated heterocycles. The van der Waals surface area contributed by atoms with Crippen LogP contribution in [0.1, 0.15) is 76.2 Å². The van der Waals surface area contributed by atoms with E-state index in [4.69, 9.17) is 0 Å². The molecule has 11 heteroatoms. The first-order chi connectivity index (χ1) is 19.5. The number of aromatic nitrogens is 2. The highest BCUT2D eigenvalue weighted by Crippen LogP contribution is 2.38. The van der Waals surface area contributed by atoms with Crippen LogP contribution in [0.5, 0.6) is 0 Å². The van der Waals surface area contributed by atoms with Crippen molar-refractivity contribution in [3.05, 3.63) is 63.3 Å². The smallest absolute Gasteiger partial charge is 0.281 e. The third-order valence-electron chi connectivity index (χ3n) is 7.91. The Morgan fingerprint density at radius 2 is 1.78 bits per heavy atom. The van der Waals surface area contributed by atoms with E-state index in [2.05, 4.69) is 36.1 Å². The van der Waals surface area contributed by atoms with Gasteiger partial charge in [0.05, 0.1) is 16.2 Å². The molecule has 0 aliphatic carbocycles. The molecular formula is C30H39N5O4S2. The number of hydrogen-bond donors (Lipinski definition) is 1. The van der Waals surface area contributed by atoms with Crippen molar-refractivity contribution >= 4 is 38.2 Å². The number of nitrogens with zero attached hydrogens (tertiary/aromatic N) is 4. The van der Waals surface area contributed by atoms with Crippen LogP contribution < -0.4 is 5.32 Å². The summed E-state index contributed by atoms with van der Waals surface area (Å²) >= 11 is 1.44. The van der Waals surface area contributed by atoms with Gasteiger partial charge in [0.15, 0.2) is 0 Å². The zero-order valence-electron chi connectivity index (χ0n) is 24.4. The lowest BCUT2D eigenvalue weighted by Gasteiger charge is -2.34. The Kier molecular flexibility index (Phi) is 8.52. The number of carbonyl (C=O) groups excluding carboxylic acids is 2. The number of fused-ring (bicyclic) bond motifs is 1. The Morgan fingerprint density at radius 1 is 1.10 bits per heavy atom. The molecule has 41 heavy (non-hydrogen) atoms. The van der Waals surface area contributed by atoms with Gasteiger partial charge in [0, 0.05) is 42.3 Å². The zero-order valence-corrected chi connectivity index (χ0v) is 26.1. The number of piperidine rings is 1. The van der Waals surface area contributed by atoms with Crippen LogP contribution in [0, 0.1) is 25.7 Å². The second kappa shape index (κ2) is 11.8. The number of carbonyl (C=O) groups is 2. The van der Waals surface area contributed by atoms with Gasteiger partial charge in [-0.3, -0.25) is 14.5 Å². The standard InChI is InChI=1S/C30H39N5O4S2/c1-6-12-33-13-11-25-26(18-33)40-29(27(25)30(37)35-22(5)15-21(4)32-35)31-28(36)23-7-9-24(10-8-23)41(38,39)34-16-19(2)14-20(3)17-34/h7-10,15,19-20H,6,11-14,16-18H2,1-5H3,(H,31,36). The van der Waals surface area contributed by atoms with Crippen molar-refractivity contribution in [2.75, 3.05) is 31.5 Å². The maximum Gasteiger partial charge on any atom is 0.281 e. The van der Waals surface area contributed by atoms with Gasteiger partial charge in [-0.2, -0.15) is 9.40 Å². The molecule has 4 heterocycles. The molecule has 220 valence electrons. The summed E-state index contributed by atoms with van der Waals surface area (Å²) in [6, 6.07) is 7.94. The quantitative estimate of drug-likeness (QED) is 0.414. The molecule has 2 aliphatic heterocycles. The molecule has 1 amide bonds. The SMILES string of the molecule is CCCN1CCc2c(sc(NC(=O)c3ccc(S(=O)(=O)N4CC(C)CC(C)C4)cc3)c2C(=O)n2nc(C)cc2C)C1. The van der Waals surface area contributed by atoms with Crippen LogP contribution >= 0.6 is 11.3 Å². The monoisotopic (exact) mass is 597 g/mol. The van der Waals surface area contributed by atoms with Crippen molar-refractivity contribution in [1.82, 2.24) is 19.0 Å². The highest BCUT2D eigenvalue weighted by atomic mass is 32.2. The van der Waals surface area contributed by atoms with E-state index in [-0.39, 0.29) is 16.7 Å². The van der Waals surface area contributed by atoms with E-state index in [1.165, 1.54) is 40.3 Å². The van der Waals surface area contributed by atoms with Crippen molar-refractivity contribution in [3.8, 4) is 0 Å². The van der Waals surface area contributed by atoms with Crippen LogP contribution in [-0.2, 0) is 23.0 Å². The molecule has 3 aromatic rings. The molecule has 2 atom stereocenters. The van der Waals surface area contributed by atoms with Crippen LogP contribution in [0.2, 0.25) is 0 Å². The molecule has 1 aromatic carbocycles. The second-order valence-corrected chi connectivity index (χ2v) is 14.7. The van der Waals surface area contributed by atoms with E-state index in [1.807, 2.05) is 19.9 Å². The van der Waals surface area contributed by atoms with Crippen molar-refractivity contribution in [1.29, 1.82) is 0 Å². The van der Waals surface area contributed by atoms with Crippen LogP contribution in [0.15, 0.2) is 35.2 Å². The molecule has 1 fully saturated rings. The van der Waals surface area contributed by atoms with Gasteiger partial charge in [0.25, 0.3) is 11.8 Å². The zero-order chi connectivity index (χ0) is 29.5. The van der Waals surface area contributed by atoms with Crippen LogP contribution in [0.4, 0.5) is 5.00 Å². The maximum atomic E-state index is 13.8. The lowest BCUT2D eigenvalue weighted by atomic mass is 9.94. The summed E-state index contributed by atoms with van der Waals surface area (Å²) in [5.41, 5.74) is 3.29. The van der Waals surface area contributed by atoms with E-state index >= 15 is 0 Å². The van der Waals surface area contributed by atoms with Gasteiger partial charge in [-0.25, -0.2) is 13.1 Å². The normalized spacial score (nSPS) is 20.1. The van der Waals surface area contributed by atoms with Gasteiger partial charge in [0.1, 0.15) is 5.00 Å². The number of rotatable bonds is 7. The first-order valence-corrected chi connectivity index (χ1v) is 16.6. The summed E-state index contributed by atoms with van der Waals surface area (Å²) in [4.78, 5) is 30.8. The summed E-state index contributed by atoms with van der Waals surface area (Å²) in [5, 5.41) is 7.89. The predicted octanol–water partition coefficient (Wildman–Crippen LogP) is 4.94. The van der Waals surface area contributed by atoms with Crippen molar-refractivity contribution in [2.45, 2.75) is 65.3 Å². The predicted molar refractivity (Wildman–Crippen MR) is 161 cm³/mol. The van der Waals surface area contributed by atoms with Crippen LogP contribution in [0.3, 0.4) is 0 Å². The summed E-state index contributed by atoms with van der Waals surface area (Å²) in [6.07, 6.45) is 2.78. The average Bonchev–Trinajstić information content (AvgIpc) is 3.45. The minimum Gasteiger partial charge on any atom is -0.313 e. The van der Waals surface area contributed by atoms with Gasteiger partial charge in [-0.05, 0) is 87.4 Å².